The van der Waals surface area contributed by atoms with Crippen molar-refractivity contribution < 1.29 is 0 Å². The first-order chi connectivity index (χ1) is 9.22. The van der Waals surface area contributed by atoms with E-state index in [1.165, 1.54) is 6.20 Å². The van der Waals surface area contributed by atoms with Gasteiger partial charge in [0.15, 0.2) is 5.82 Å². The third kappa shape index (κ3) is 3.04. The highest BCUT2D eigenvalue weighted by Crippen LogP contribution is 2.16. The molecule has 0 amide bonds. The first kappa shape index (κ1) is 12.9. The van der Waals surface area contributed by atoms with Crippen molar-refractivity contribution in [2.24, 2.45) is 5.73 Å². The van der Waals surface area contributed by atoms with Crippen LogP contribution in [0.1, 0.15) is 18.3 Å². The fraction of sp³-hybridized carbons (Fsp3) is 0.231. The number of hydrogen-bond acceptors (Lipinski definition) is 5. The van der Waals surface area contributed by atoms with Gasteiger partial charge in [-0.15, -0.1) is 0 Å². The maximum atomic E-state index is 7.56. The fourth-order valence-corrected chi connectivity index (χ4v) is 1.78. The van der Waals surface area contributed by atoms with Gasteiger partial charge in [0.1, 0.15) is 11.5 Å². The van der Waals surface area contributed by atoms with Gasteiger partial charge in [0.2, 0.25) is 0 Å². The van der Waals surface area contributed by atoms with Gasteiger partial charge in [-0.1, -0.05) is 6.07 Å². The van der Waals surface area contributed by atoms with E-state index < -0.39 is 0 Å². The Labute approximate surface area is 111 Å². The summed E-state index contributed by atoms with van der Waals surface area (Å²) >= 11 is 0. The van der Waals surface area contributed by atoms with Crippen LogP contribution >= 0.6 is 0 Å². The number of amidine groups is 1. The summed E-state index contributed by atoms with van der Waals surface area (Å²) in [6.45, 7) is 3.35. The number of pyridine rings is 1. The molecule has 0 saturated heterocycles. The summed E-state index contributed by atoms with van der Waals surface area (Å²) in [7, 11) is 0. The lowest BCUT2D eigenvalue weighted by atomic mass is 10.3. The van der Waals surface area contributed by atoms with Gasteiger partial charge >= 0.3 is 0 Å². The average Bonchev–Trinajstić information content (AvgIpc) is 2.46. The molecule has 0 aliphatic heterocycles. The summed E-state index contributed by atoms with van der Waals surface area (Å²) < 4.78 is 0. The first-order valence-corrected chi connectivity index (χ1v) is 6.02. The van der Waals surface area contributed by atoms with Crippen LogP contribution in [0, 0.1) is 5.41 Å². The van der Waals surface area contributed by atoms with Crippen LogP contribution in [-0.2, 0) is 6.54 Å². The molecular formula is C13H16N6. The molecule has 2 heterocycles. The molecular weight excluding hydrogens is 240 g/mol. The molecule has 0 fully saturated rings. The van der Waals surface area contributed by atoms with E-state index in [-0.39, 0.29) is 5.84 Å². The molecule has 0 radical (unpaired) electrons. The predicted octanol–water partition coefficient (Wildman–Crippen LogP) is 1.18. The molecule has 6 nitrogen and oxygen atoms in total. The Morgan fingerprint density at radius 3 is 2.63 bits per heavy atom. The predicted molar refractivity (Wildman–Crippen MR) is 74.0 cm³/mol. The van der Waals surface area contributed by atoms with Gasteiger partial charge < -0.3 is 10.6 Å². The van der Waals surface area contributed by atoms with E-state index in [9.17, 15) is 0 Å². The number of rotatable bonds is 5. The second kappa shape index (κ2) is 5.90. The summed E-state index contributed by atoms with van der Waals surface area (Å²) in [4.78, 5) is 14.7. The van der Waals surface area contributed by atoms with Gasteiger partial charge in [-0.3, -0.25) is 10.4 Å². The van der Waals surface area contributed by atoms with Crippen LogP contribution in [0.5, 0.6) is 0 Å². The van der Waals surface area contributed by atoms with Crippen molar-refractivity contribution in [1.82, 2.24) is 15.0 Å². The highest BCUT2D eigenvalue weighted by Gasteiger charge is 2.15. The van der Waals surface area contributed by atoms with Gasteiger partial charge in [0.05, 0.1) is 12.2 Å². The zero-order chi connectivity index (χ0) is 13.7. The van der Waals surface area contributed by atoms with Gasteiger partial charge in [-0.05, 0) is 19.1 Å². The molecule has 0 aliphatic carbocycles. The summed E-state index contributed by atoms with van der Waals surface area (Å²) in [6.07, 6.45) is 4.89. The molecule has 0 atom stereocenters. The monoisotopic (exact) mass is 256 g/mol. The molecule has 0 aromatic carbocycles. The Hall–Kier alpha value is -2.50. The minimum atomic E-state index is -0.0810. The van der Waals surface area contributed by atoms with Crippen molar-refractivity contribution >= 4 is 11.7 Å². The van der Waals surface area contributed by atoms with Crippen LogP contribution in [0.15, 0.2) is 36.8 Å². The minimum Gasteiger partial charge on any atom is -0.382 e. The molecule has 2 rings (SSSR count). The Balaban J connectivity index is 2.30. The average molecular weight is 256 g/mol. The largest absolute Gasteiger partial charge is 0.382 e. The van der Waals surface area contributed by atoms with Crippen molar-refractivity contribution in [1.29, 1.82) is 5.41 Å². The van der Waals surface area contributed by atoms with Crippen molar-refractivity contribution in [2.75, 3.05) is 11.4 Å². The van der Waals surface area contributed by atoms with Crippen LogP contribution in [-0.4, -0.2) is 27.3 Å². The van der Waals surface area contributed by atoms with Crippen molar-refractivity contribution in [3.05, 3.63) is 48.2 Å². The molecule has 0 unspecified atom stereocenters. The van der Waals surface area contributed by atoms with Crippen molar-refractivity contribution in [2.45, 2.75) is 13.5 Å². The third-order valence-corrected chi connectivity index (χ3v) is 2.69. The van der Waals surface area contributed by atoms with Crippen molar-refractivity contribution in [3.8, 4) is 0 Å². The summed E-state index contributed by atoms with van der Waals surface area (Å²) in [6, 6.07) is 5.77. The number of nitrogens with two attached hydrogens (primary N) is 1. The topological polar surface area (TPSA) is 91.8 Å². The summed E-state index contributed by atoms with van der Waals surface area (Å²) in [5, 5.41) is 7.56. The molecule has 0 saturated carbocycles. The zero-order valence-electron chi connectivity index (χ0n) is 10.7. The van der Waals surface area contributed by atoms with Crippen LogP contribution in [0.3, 0.4) is 0 Å². The summed E-state index contributed by atoms with van der Waals surface area (Å²) in [5.41, 5.74) is 6.88. The zero-order valence-corrected chi connectivity index (χ0v) is 10.7. The maximum absolute atomic E-state index is 7.56. The van der Waals surface area contributed by atoms with Crippen molar-refractivity contribution in [3.63, 3.8) is 0 Å². The highest BCUT2D eigenvalue weighted by atomic mass is 15.2. The van der Waals surface area contributed by atoms with E-state index >= 15 is 0 Å². The number of nitrogen functional groups attached to an aromatic ring is 1. The first-order valence-electron chi connectivity index (χ1n) is 6.02. The van der Waals surface area contributed by atoms with E-state index in [4.69, 9.17) is 11.1 Å². The molecule has 0 spiro atoms. The van der Waals surface area contributed by atoms with Crippen LogP contribution in [0.25, 0.3) is 0 Å². The molecule has 0 aliphatic rings. The number of hydrogen-bond donors (Lipinski definition) is 2. The summed E-state index contributed by atoms with van der Waals surface area (Å²) in [5.74, 6) is 0.533. The van der Waals surface area contributed by atoms with E-state index in [1.54, 1.807) is 12.4 Å². The van der Waals surface area contributed by atoms with Gasteiger partial charge in [-0.25, -0.2) is 9.97 Å². The smallest absolute Gasteiger partial charge is 0.158 e. The lowest BCUT2D eigenvalue weighted by Crippen LogP contribution is -2.28. The Morgan fingerprint density at radius 1 is 1.21 bits per heavy atom. The lowest BCUT2D eigenvalue weighted by molar-refractivity contribution is 0.788. The van der Waals surface area contributed by atoms with Gasteiger partial charge in [0, 0.05) is 25.1 Å². The molecule has 2 aromatic heterocycles. The maximum Gasteiger partial charge on any atom is 0.158 e. The second-order valence-corrected chi connectivity index (χ2v) is 3.98. The van der Waals surface area contributed by atoms with Crippen LogP contribution in [0.2, 0.25) is 0 Å². The van der Waals surface area contributed by atoms with E-state index in [0.717, 1.165) is 12.2 Å². The molecule has 2 aromatic rings. The van der Waals surface area contributed by atoms with Gasteiger partial charge in [-0.2, -0.15) is 0 Å². The Kier molecular flexibility index (Phi) is 4.02. The minimum absolute atomic E-state index is 0.0810. The SMILES string of the molecule is CCN(Cc1ccccn1)c1nccnc1C(=N)N. The quantitative estimate of drug-likeness (QED) is 0.619. The highest BCUT2D eigenvalue weighted by molar-refractivity contribution is 5.97. The standard InChI is InChI=1S/C13H16N6/c1-2-19(9-10-5-3-4-6-16-10)13-11(12(14)15)17-7-8-18-13/h3-8H,2,9H2,1H3,(H3,14,15). The number of anilines is 1. The number of nitrogens with one attached hydrogen (secondary N) is 1. The Bertz CT molecular complexity index is 554. The molecule has 6 heteroatoms. The third-order valence-electron chi connectivity index (χ3n) is 2.69. The van der Waals surface area contributed by atoms with Gasteiger partial charge in [0.25, 0.3) is 0 Å². The normalized spacial score (nSPS) is 10.2. The van der Waals surface area contributed by atoms with E-state index in [2.05, 4.69) is 15.0 Å². The molecule has 0 bridgehead atoms. The van der Waals surface area contributed by atoms with E-state index in [1.807, 2.05) is 30.0 Å². The van der Waals surface area contributed by atoms with Crippen LogP contribution in [0.4, 0.5) is 5.82 Å². The lowest BCUT2D eigenvalue weighted by Gasteiger charge is -2.22. The molecule has 3 N–H and O–H groups in total. The number of aromatic nitrogens is 3. The molecule has 19 heavy (non-hydrogen) atoms. The number of nitrogens with zero attached hydrogens (tertiary/aromatic N) is 4. The fourth-order valence-electron chi connectivity index (χ4n) is 1.78. The van der Waals surface area contributed by atoms with Crippen LogP contribution < -0.4 is 10.6 Å². The van der Waals surface area contributed by atoms with E-state index in [0.29, 0.717) is 18.1 Å². The second-order valence-electron chi connectivity index (χ2n) is 3.98. The molecule has 98 valence electrons. The Morgan fingerprint density at radius 2 is 2.00 bits per heavy atom.